The standard InChI is InChI=1S/C18H24N2O6/c1-21-11-7-9(19)15(23-3)13(17(11)25-5)14-16(24-4)10(20)8-12(22-2)18(14)26-6/h7-8H,19-20H2,1-6H3. The lowest BCUT2D eigenvalue weighted by Crippen LogP contribution is -2.05. The summed E-state index contributed by atoms with van der Waals surface area (Å²) in [5, 5.41) is 0. The Kier molecular flexibility index (Phi) is 5.76. The molecule has 0 aliphatic rings. The molecule has 8 heteroatoms. The van der Waals surface area contributed by atoms with Crippen molar-refractivity contribution in [2.24, 2.45) is 0 Å². The van der Waals surface area contributed by atoms with Gasteiger partial charge in [0, 0.05) is 12.1 Å². The molecular weight excluding hydrogens is 340 g/mol. The van der Waals surface area contributed by atoms with E-state index in [4.69, 9.17) is 39.9 Å². The third-order valence-corrected chi connectivity index (χ3v) is 3.96. The summed E-state index contributed by atoms with van der Waals surface area (Å²) in [6, 6.07) is 3.23. The second-order valence-corrected chi connectivity index (χ2v) is 5.22. The Labute approximate surface area is 152 Å². The van der Waals surface area contributed by atoms with Gasteiger partial charge in [0.1, 0.15) is 0 Å². The topological polar surface area (TPSA) is 107 Å². The van der Waals surface area contributed by atoms with Gasteiger partial charge in [0.25, 0.3) is 0 Å². The van der Waals surface area contributed by atoms with Crippen LogP contribution in [0.15, 0.2) is 12.1 Å². The molecule has 0 bridgehead atoms. The van der Waals surface area contributed by atoms with Gasteiger partial charge in [-0.1, -0.05) is 0 Å². The summed E-state index contributed by atoms with van der Waals surface area (Å²) >= 11 is 0. The highest BCUT2D eigenvalue weighted by Gasteiger charge is 2.29. The van der Waals surface area contributed by atoms with Gasteiger partial charge in [0.05, 0.1) is 65.2 Å². The quantitative estimate of drug-likeness (QED) is 0.722. The zero-order valence-corrected chi connectivity index (χ0v) is 15.8. The highest BCUT2D eigenvalue weighted by molar-refractivity contribution is 5.95. The lowest BCUT2D eigenvalue weighted by atomic mass is 9.98. The molecule has 0 unspecified atom stereocenters. The van der Waals surface area contributed by atoms with Gasteiger partial charge in [0.15, 0.2) is 34.5 Å². The number of hydrogen-bond acceptors (Lipinski definition) is 8. The lowest BCUT2D eigenvalue weighted by molar-refractivity contribution is 0.345. The summed E-state index contributed by atoms with van der Waals surface area (Å²) in [5.41, 5.74) is 14.0. The van der Waals surface area contributed by atoms with Crippen molar-refractivity contribution < 1.29 is 28.4 Å². The van der Waals surface area contributed by atoms with Crippen LogP contribution in [0.4, 0.5) is 11.4 Å². The molecule has 0 fully saturated rings. The molecule has 0 amide bonds. The number of nitrogens with two attached hydrogens (primary N) is 2. The molecule has 26 heavy (non-hydrogen) atoms. The Balaban J connectivity index is 3.08. The van der Waals surface area contributed by atoms with Crippen LogP contribution in [-0.2, 0) is 0 Å². The Morgan fingerprint density at radius 1 is 0.500 bits per heavy atom. The SMILES string of the molecule is COc1cc(N)c(OC)c(-c2c(OC)c(N)cc(OC)c2OC)c1OC. The van der Waals surface area contributed by atoms with Gasteiger partial charge >= 0.3 is 0 Å². The van der Waals surface area contributed by atoms with E-state index in [2.05, 4.69) is 0 Å². The summed E-state index contributed by atoms with van der Waals surface area (Å²) < 4.78 is 33.0. The second kappa shape index (κ2) is 7.81. The second-order valence-electron chi connectivity index (χ2n) is 5.22. The number of hydrogen-bond donors (Lipinski definition) is 2. The van der Waals surface area contributed by atoms with Crippen molar-refractivity contribution >= 4 is 11.4 Å². The van der Waals surface area contributed by atoms with Gasteiger partial charge in [-0.15, -0.1) is 0 Å². The van der Waals surface area contributed by atoms with Crippen LogP contribution in [0.25, 0.3) is 11.1 Å². The van der Waals surface area contributed by atoms with Gasteiger partial charge in [-0.05, 0) is 0 Å². The summed E-state index contributed by atoms with van der Waals surface area (Å²) in [5.74, 6) is 2.36. The number of benzene rings is 2. The minimum absolute atomic E-state index is 0.352. The van der Waals surface area contributed by atoms with Crippen molar-refractivity contribution in [1.29, 1.82) is 0 Å². The molecule has 0 aromatic heterocycles. The van der Waals surface area contributed by atoms with Crippen molar-refractivity contribution in [2.75, 3.05) is 54.1 Å². The van der Waals surface area contributed by atoms with Gasteiger partial charge in [-0.2, -0.15) is 0 Å². The van der Waals surface area contributed by atoms with E-state index < -0.39 is 0 Å². The first kappa shape index (κ1) is 19.2. The molecule has 2 aromatic carbocycles. The minimum atomic E-state index is 0.352. The van der Waals surface area contributed by atoms with Crippen LogP contribution in [0.3, 0.4) is 0 Å². The first-order chi connectivity index (χ1) is 12.5. The Bertz CT molecular complexity index is 740. The fraction of sp³-hybridized carbons (Fsp3) is 0.333. The maximum atomic E-state index is 6.16. The van der Waals surface area contributed by atoms with E-state index in [0.717, 1.165) is 0 Å². The van der Waals surface area contributed by atoms with Crippen molar-refractivity contribution in [3.05, 3.63) is 12.1 Å². The highest BCUT2D eigenvalue weighted by atomic mass is 16.5. The highest BCUT2D eigenvalue weighted by Crippen LogP contribution is 2.56. The lowest BCUT2D eigenvalue weighted by Gasteiger charge is -2.23. The molecule has 0 radical (unpaired) electrons. The fourth-order valence-corrected chi connectivity index (χ4v) is 2.89. The van der Waals surface area contributed by atoms with E-state index in [1.165, 1.54) is 42.7 Å². The maximum Gasteiger partial charge on any atom is 0.172 e. The van der Waals surface area contributed by atoms with E-state index in [-0.39, 0.29) is 0 Å². The molecule has 142 valence electrons. The maximum absolute atomic E-state index is 6.16. The average Bonchev–Trinajstić information content (AvgIpc) is 2.65. The van der Waals surface area contributed by atoms with Crippen LogP contribution < -0.4 is 39.9 Å². The predicted molar refractivity (Wildman–Crippen MR) is 100 cm³/mol. The molecule has 0 saturated heterocycles. The van der Waals surface area contributed by atoms with E-state index in [0.29, 0.717) is 57.0 Å². The molecule has 8 nitrogen and oxygen atoms in total. The molecule has 0 saturated carbocycles. The molecule has 2 rings (SSSR count). The number of nitrogen functional groups attached to an aromatic ring is 2. The van der Waals surface area contributed by atoms with E-state index in [1.807, 2.05) is 0 Å². The summed E-state index contributed by atoms with van der Waals surface area (Å²) in [6.45, 7) is 0. The zero-order valence-electron chi connectivity index (χ0n) is 15.8. The summed E-state index contributed by atoms with van der Waals surface area (Å²) in [4.78, 5) is 0. The predicted octanol–water partition coefficient (Wildman–Crippen LogP) is 2.57. The van der Waals surface area contributed by atoms with Gasteiger partial charge in [0.2, 0.25) is 0 Å². The van der Waals surface area contributed by atoms with Crippen LogP contribution in [0.1, 0.15) is 0 Å². The summed E-state index contributed by atoms with van der Waals surface area (Å²) in [7, 11) is 9.07. The van der Waals surface area contributed by atoms with E-state index in [9.17, 15) is 0 Å². The third kappa shape index (κ3) is 2.94. The molecule has 0 heterocycles. The minimum Gasteiger partial charge on any atom is -0.494 e. The molecular formula is C18H24N2O6. The molecule has 4 N–H and O–H groups in total. The van der Waals surface area contributed by atoms with Crippen molar-refractivity contribution in [1.82, 2.24) is 0 Å². The van der Waals surface area contributed by atoms with Crippen molar-refractivity contribution in [2.45, 2.75) is 0 Å². The van der Waals surface area contributed by atoms with Crippen LogP contribution in [0, 0.1) is 0 Å². The molecule has 0 aliphatic heterocycles. The first-order valence-corrected chi connectivity index (χ1v) is 7.66. The Morgan fingerprint density at radius 3 is 1.04 bits per heavy atom. The number of rotatable bonds is 7. The van der Waals surface area contributed by atoms with Crippen LogP contribution in [0.2, 0.25) is 0 Å². The van der Waals surface area contributed by atoms with Gasteiger partial charge < -0.3 is 39.9 Å². The normalized spacial score (nSPS) is 10.2. The first-order valence-electron chi connectivity index (χ1n) is 7.66. The van der Waals surface area contributed by atoms with Crippen molar-refractivity contribution in [3.8, 4) is 45.6 Å². The van der Waals surface area contributed by atoms with Crippen LogP contribution in [0.5, 0.6) is 34.5 Å². The van der Waals surface area contributed by atoms with Gasteiger partial charge in [-0.25, -0.2) is 0 Å². The summed E-state index contributed by atoms with van der Waals surface area (Å²) in [6.07, 6.45) is 0. The largest absolute Gasteiger partial charge is 0.494 e. The number of anilines is 2. The van der Waals surface area contributed by atoms with E-state index >= 15 is 0 Å². The van der Waals surface area contributed by atoms with Gasteiger partial charge in [-0.3, -0.25) is 0 Å². The Hall–Kier alpha value is -3.16. The molecule has 0 atom stereocenters. The number of ether oxygens (including phenoxy) is 6. The monoisotopic (exact) mass is 364 g/mol. The Morgan fingerprint density at radius 2 is 0.808 bits per heavy atom. The van der Waals surface area contributed by atoms with Crippen LogP contribution in [-0.4, -0.2) is 42.7 Å². The zero-order chi connectivity index (χ0) is 19.4. The fourth-order valence-electron chi connectivity index (χ4n) is 2.89. The molecule has 0 aliphatic carbocycles. The average molecular weight is 364 g/mol. The molecule has 0 spiro atoms. The smallest absolute Gasteiger partial charge is 0.172 e. The molecule has 2 aromatic rings. The van der Waals surface area contributed by atoms with E-state index in [1.54, 1.807) is 12.1 Å². The number of methoxy groups -OCH3 is 6. The van der Waals surface area contributed by atoms with Crippen molar-refractivity contribution in [3.63, 3.8) is 0 Å². The third-order valence-electron chi connectivity index (χ3n) is 3.96. The van der Waals surface area contributed by atoms with Crippen LogP contribution >= 0.6 is 0 Å².